The van der Waals surface area contributed by atoms with Crippen LogP contribution in [0.25, 0.3) is 0 Å². The molecule has 2 rings (SSSR count). The predicted molar refractivity (Wildman–Crippen MR) is 82.9 cm³/mol. The van der Waals surface area contributed by atoms with Gasteiger partial charge in [0.1, 0.15) is 0 Å². The highest BCUT2D eigenvalue weighted by molar-refractivity contribution is 5.96. The van der Waals surface area contributed by atoms with Crippen LogP contribution in [-0.4, -0.2) is 42.0 Å². The fourth-order valence-corrected chi connectivity index (χ4v) is 3.70. The summed E-state index contributed by atoms with van der Waals surface area (Å²) in [6, 6.07) is -0.343. The summed E-state index contributed by atoms with van der Waals surface area (Å²) in [5.74, 6) is 1.03. The van der Waals surface area contributed by atoms with Crippen LogP contribution in [0.2, 0.25) is 0 Å². The molecule has 1 aliphatic heterocycles. The zero-order chi connectivity index (χ0) is 15.4. The fraction of sp³-hybridized carbons (Fsp3) is 0.875. The van der Waals surface area contributed by atoms with Crippen molar-refractivity contribution in [3.8, 4) is 0 Å². The molecule has 1 heterocycles. The number of carbonyl (C=O) groups is 2. The van der Waals surface area contributed by atoms with E-state index in [2.05, 4.69) is 29.4 Å². The summed E-state index contributed by atoms with van der Waals surface area (Å²) in [6.45, 7) is 8.20. The molecule has 3 amide bonds. The number of likely N-dealkylation sites (tertiary alicyclic amines) is 1. The quantitative estimate of drug-likeness (QED) is 0.838. The lowest BCUT2D eigenvalue weighted by Gasteiger charge is -2.38. The van der Waals surface area contributed by atoms with Crippen LogP contribution in [0.15, 0.2) is 0 Å². The molecule has 1 aliphatic carbocycles. The van der Waals surface area contributed by atoms with E-state index in [-0.39, 0.29) is 24.0 Å². The Morgan fingerprint density at radius 2 is 1.67 bits per heavy atom. The van der Waals surface area contributed by atoms with Crippen molar-refractivity contribution in [2.45, 2.75) is 65.0 Å². The molecule has 3 atom stereocenters. The van der Waals surface area contributed by atoms with Crippen LogP contribution < -0.4 is 10.6 Å². The summed E-state index contributed by atoms with van der Waals surface area (Å²) in [4.78, 5) is 26.3. The van der Waals surface area contributed by atoms with Crippen molar-refractivity contribution in [3.63, 3.8) is 0 Å². The third kappa shape index (κ3) is 4.70. The molecule has 1 saturated carbocycles. The molecule has 21 heavy (non-hydrogen) atoms. The monoisotopic (exact) mass is 295 g/mol. The summed E-state index contributed by atoms with van der Waals surface area (Å²) in [5, 5.41) is 5.40. The number of piperidine rings is 1. The molecule has 0 bridgehead atoms. The van der Waals surface area contributed by atoms with Gasteiger partial charge in [-0.25, -0.2) is 4.79 Å². The minimum Gasteiger partial charge on any atom is -0.335 e. The standard InChI is InChI=1S/C16H29N3O2/c1-11-8-12(2)10-19(9-11)13(3)15(20)18-16(21)17-14-6-4-5-7-14/h11-14H,4-10H2,1-3H3,(H2,17,18,20,21)/t11-,12-,13+/m1/s1. The van der Waals surface area contributed by atoms with Gasteiger partial charge in [0.2, 0.25) is 5.91 Å². The number of carbonyl (C=O) groups excluding carboxylic acids is 2. The van der Waals surface area contributed by atoms with Gasteiger partial charge in [-0.05, 0) is 38.0 Å². The van der Waals surface area contributed by atoms with Gasteiger partial charge in [-0.15, -0.1) is 0 Å². The molecule has 1 saturated heterocycles. The van der Waals surface area contributed by atoms with Gasteiger partial charge in [0.05, 0.1) is 6.04 Å². The third-order valence-electron chi connectivity index (χ3n) is 4.75. The van der Waals surface area contributed by atoms with E-state index in [1.807, 2.05) is 6.92 Å². The smallest absolute Gasteiger partial charge is 0.321 e. The molecule has 0 spiro atoms. The summed E-state index contributed by atoms with van der Waals surface area (Å²) in [5.41, 5.74) is 0. The number of nitrogens with one attached hydrogen (secondary N) is 2. The molecule has 2 aliphatic rings. The Labute approximate surface area is 127 Å². The first-order chi connectivity index (χ1) is 9.95. The predicted octanol–water partition coefficient (Wildman–Crippen LogP) is 2.12. The minimum absolute atomic E-state index is 0.188. The second-order valence-corrected chi connectivity index (χ2v) is 7.02. The SMILES string of the molecule is C[C@@H]1C[C@@H](C)CN([C@@H](C)C(=O)NC(=O)NC2CCCC2)C1. The molecule has 5 heteroatoms. The molecular weight excluding hydrogens is 266 g/mol. The Bertz CT molecular complexity index is 370. The summed E-state index contributed by atoms with van der Waals surface area (Å²) in [7, 11) is 0. The Balaban J connectivity index is 1.79. The molecule has 0 radical (unpaired) electrons. The molecule has 120 valence electrons. The average molecular weight is 295 g/mol. The Morgan fingerprint density at radius 1 is 1.10 bits per heavy atom. The molecule has 0 aromatic rings. The Hall–Kier alpha value is -1.10. The van der Waals surface area contributed by atoms with E-state index in [0.717, 1.165) is 25.9 Å². The molecular formula is C16H29N3O2. The van der Waals surface area contributed by atoms with Crippen LogP contribution >= 0.6 is 0 Å². The van der Waals surface area contributed by atoms with Crippen molar-refractivity contribution in [2.75, 3.05) is 13.1 Å². The largest absolute Gasteiger partial charge is 0.335 e. The number of imide groups is 1. The zero-order valence-electron chi connectivity index (χ0n) is 13.5. The number of hydrogen-bond donors (Lipinski definition) is 2. The van der Waals surface area contributed by atoms with Crippen LogP contribution in [0, 0.1) is 11.8 Å². The van der Waals surface area contributed by atoms with Crippen molar-refractivity contribution < 1.29 is 9.59 Å². The normalized spacial score (nSPS) is 29.1. The zero-order valence-corrected chi connectivity index (χ0v) is 13.5. The van der Waals surface area contributed by atoms with Gasteiger partial charge < -0.3 is 5.32 Å². The molecule has 0 aromatic carbocycles. The second kappa shape index (κ2) is 7.25. The van der Waals surface area contributed by atoms with Gasteiger partial charge in [0.15, 0.2) is 0 Å². The van der Waals surface area contributed by atoms with Crippen LogP contribution in [-0.2, 0) is 4.79 Å². The van der Waals surface area contributed by atoms with Crippen molar-refractivity contribution in [1.29, 1.82) is 0 Å². The van der Waals surface area contributed by atoms with Crippen LogP contribution in [0.3, 0.4) is 0 Å². The van der Waals surface area contributed by atoms with Crippen LogP contribution in [0.5, 0.6) is 0 Å². The van der Waals surface area contributed by atoms with E-state index in [4.69, 9.17) is 0 Å². The first kappa shape index (κ1) is 16.3. The van der Waals surface area contributed by atoms with Gasteiger partial charge in [0.25, 0.3) is 0 Å². The molecule has 0 aromatic heterocycles. The topological polar surface area (TPSA) is 61.4 Å². The highest BCUT2D eigenvalue weighted by atomic mass is 16.2. The fourth-order valence-electron chi connectivity index (χ4n) is 3.70. The van der Waals surface area contributed by atoms with Crippen molar-refractivity contribution in [2.24, 2.45) is 11.8 Å². The van der Waals surface area contributed by atoms with E-state index >= 15 is 0 Å². The number of urea groups is 1. The molecule has 2 fully saturated rings. The number of nitrogens with zero attached hydrogens (tertiary/aromatic N) is 1. The lowest BCUT2D eigenvalue weighted by molar-refractivity contribution is -0.125. The first-order valence-corrected chi connectivity index (χ1v) is 8.31. The van der Waals surface area contributed by atoms with E-state index in [1.165, 1.54) is 19.3 Å². The molecule has 0 unspecified atom stereocenters. The molecule has 2 N–H and O–H groups in total. The molecule has 5 nitrogen and oxygen atoms in total. The maximum absolute atomic E-state index is 12.2. The van der Waals surface area contributed by atoms with E-state index in [1.54, 1.807) is 0 Å². The van der Waals surface area contributed by atoms with Gasteiger partial charge in [-0.3, -0.25) is 15.0 Å². The lowest BCUT2D eigenvalue weighted by Crippen LogP contribution is -2.53. The van der Waals surface area contributed by atoms with Gasteiger partial charge in [0, 0.05) is 19.1 Å². The minimum atomic E-state index is -0.336. The van der Waals surface area contributed by atoms with Crippen LogP contribution in [0.1, 0.15) is 52.9 Å². The number of hydrogen-bond acceptors (Lipinski definition) is 3. The van der Waals surface area contributed by atoms with Gasteiger partial charge in [-0.1, -0.05) is 26.7 Å². The van der Waals surface area contributed by atoms with Crippen LogP contribution in [0.4, 0.5) is 4.79 Å². The lowest BCUT2D eigenvalue weighted by atomic mass is 9.91. The number of rotatable bonds is 3. The summed E-state index contributed by atoms with van der Waals surface area (Å²) >= 11 is 0. The average Bonchev–Trinajstić information content (AvgIpc) is 2.89. The highest BCUT2D eigenvalue weighted by Crippen LogP contribution is 2.22. The summed E-state index contributed by atoms with van der Waals surface area (Å²) < 4.78 is 0. The van der Waals surface area contributed by atoms with Crippen molar-refractivity contribution in [1.82, 2.24) is 15.5 Å². The van der Waals surface area contributed by atoms with E-state index in [9.17, 15) is 9.59 Å². The third-order valence-corrected chi connectivity index (χ3v) is 4.75. The first-order valence-electron chi connectivity index (χ1n) is 8.31. The Morgan fingerprint density at radius 3 is 2.24 bits per heavy atom. The van der Waals surface area contributed by atoms with Crippen molar-refractivity contribution >= 4 is 11.9 Å². The maximum Gasteiger partial charge on any atom is 0.321 e. The highest BCUT2D eigenvalue weighted by Gasteiger charge is 2.29. The Kier molecular flexibility index (Phi) is 5.62. The second-order valence-electron chi connectivity index (χ2n) is 7.02. The van der Waals surface area contributed by atoms with E-state index < -0.39 is 0 Å². The summed E-state index contributed by atoms with van der Waals surface area (Å²) in [6.07, 6.45) is 5.60. The maximum atomic E-state index is 12.2. The number of amides is 3. The van der Waals surface area contributed by atoms with Gasteiger partial charge in [-0.2, -0.15) is 0 Å². The van der Waals surface area contributed by atoms with E-state index in [0.29, 0.717) is 11.8 Å². The van der Waals surface area contributed by atoms with Gasteiger partial charge >= 0.3 is 6.03 Å². The van der Waals surface area contributed by atoms with Crippen molar-refractivity contribution in [3.05, 3.63) is 0 Å².